The molecule has 0 spiro atoms. The Bertz CT molecular complexity index is 839. The van der Waals surface area contributed by atoms with Crippen molar-refractivity contribution >= 4 is 29.4 Å². The van der Waals surface area contributed by atoms with Crippen LogP contribution in [0.15, 0.2) is 41.5 Å². The monoisotopic (exact) mass is 363 g/mol. The van der Waals surface area contributed by atoms with Crippen LogP contribution in [0.4, 0.5) is 5.69 Å². The Morgan fingerprint density at radius 3 is 2.48 bits per heavy atom. The van der Waals surface area contributed by atoms with Crippen LogP contribution in [0.1, 0.15) is 15.9 Å². The number of nitrogens with one attached hydrogen (secondary N) is 1. The molecule has 2 aromatic carbocycles. The Kier molecular flexibility index (Phi) is 5.91. The van der Waals surface area contributed by atoms with Gasteiger partial charge in [-0.15, -0.1) is 0 Å². The highest BCUT2D eigenvalue weighted by molar-refractivity contribution is 6.33. The molecule has 1 amide bonds. The lowest BCUT2D eigenvalue weighted by atomic mass is 10.1. The smallest absolute Gasteiger partial charge is 0.282 e. The second-order valence-electron chi connectivity index (χ2n) is 4.70. The quantitative estimate of drug-likeness (QED) is 0.482. The van der Waals surface area contributed by atoms with Gasteiger partial charge in [0.05, 0.1) is 47.6 Å². The number of hydrogen-bond acceptors (Lipinski definition) is 6. The fourth-order valence-corrected chi connectivity index (χ4v) is 2.23. The molecule has 0 radical (unpaired) electrons. The molecule has 0 atom stereocenters. The predicted molar refractivity (Wildman–Crippen MR) is 92.7 cm³/mol. The summed E-state index contributed by atoms with van der Waals surface area (Å²) in [5.74, 6) is -0.0246. The summed E-state index contributed by atoms with van der Waals surface area (Å²) in [6.07, 6.45) is 1.15. The van der Waals surface area contributed by atoms with Gasteiger partial charge < -0.3 is 9.47 Å². The van der Waals surface area contributed by atoms with Crippen molar-refractivity contribution in [1.82, 2.24) is 5.43 Å². The first-order chi connectivity index (χ1) is 12.0. The van der Waals surface area contributed by atoms with Crippen LogP contribution in [0.25, 0.3) is 0 Å². The zero-order valence-electron chi connectivity index (χ0n) is 13.4. The molecule has 130 valence electrons. The summed E-state index contributed by atoms with van der Waals surface area (Å²) < 4.78 is 10.1. The van der Waals surface area contributed by atoms with Gasteiger partial charge in [-0.2, -0.15) is 5.10 Å². The SMILES string of the molecule is COc1cc(/C=N\NC(=O)c2ccccc2Cl)c([N+](=O)[O-])cc1OC. The molecule has 8 nitrogen and oxygen atoms in total. The Hall–Kier alpha value is -3.13. The maximum absolute atomic E-state index is 12.0. The van der Waals surface area contributed by atoms with Crippen LogP contribution >= 0.6 is 11.6 Å². The maximum atomic E-state index is 12.0. The second-order valence-corrected chi connectivity index (χ2v) is 5.11. The normalized spacial score (nSPS) is 10.5. The standard InChI is InChI=1S/C16H14ClN3O5/c1-24-14-7-10(13(20(22)23)8-15(14)25-2)9-18-19-16(21)11-5-3-4-6-12(11)17/h3-9H,1-2H3,(H,19,21)/b18-9-. The third kappa shape index (κ3) is 4.24. The Morgan fingerprint density at radius 2 is 1.88 bits per heavy atom. The summed E-state index contributed by atoms with van der Waals surface area (Å²) >= 11 is 5.92. The lowest BCUT2D eigenvalue weighted by Crippen LogP contribution is -2.18. The van der Waals surface area contributed by atoms with Crippen LogP contribution in [0, 0.1) is 10.1 Å². The van der Waals surface area contributed by atoms with Crippen LogP contribution in [0.3, 0.4) is 0 Å². The van der Waals surface area contributed by atoms with Crippen molar-refractivity contribution in [2.45, 2.75) is 0 Å². The van der Waals surface area contributed by atoms with Crippen LogP contribution in [0.2, 0.25) is 5.02 Å². The first kappa shape index (κ1) is 18.2. The van der Waals surface area contributed by atoms with Gasteiger partial charge in [0, 0.05) is 0 Å². The summed E-state index contributed by atoms with van der Waals surface area (Å²) in [4.78, 5) is 22.6. The van der Waals surface area contributed by atoms with Gasteiger partial charge in [0.15, 0.2) is 11.5 Å². The van der Waals surface area contributed by atoms with E-state index in [1.165, 1.54) is 32.4 Å². The lowest BCUT2D eigenvalue weighted by Gasteiger charge is -2.08. The van der Waals surface area contributed by atoms with E-state index in [-0.39, 0.29) is 27.6 Å². The van der Waals surface area contributed by atoms with E-state index in [2.05, 4.69) is 10.5 Å². The van der Waals surface area contributed by atoms with Gasteiger partial charge in [0.25, 0.3) is 11.6 Å². The fourth-order valence-electron chi connectivity index (χ4n) is 2.01. The van der Waals surface area contributed by atoms with Crippen LogP contribution in [-0.4, -0.2) is 31.3 Å². The first-order valence-corrected chi connectivity index (χ1v) is 7.34. The van der Waals surface area contributed by atoms with E-state index < -0.39 is 10.8 Å². The summed E-state index contributed by atoms with van der Waals surface area (Å²) in [5.41, 5.74) is 2.41. The molecule has 0 aliphatic rings. The summed E-state index contributed by atoms with van der Waals surface area (Å²) in [6, 6.07) is 9.06. The molecule has 0 bridgehead atoms. The molecule has 2 aromatic rings. The van der Waals surface area contributed by atoms with E-state index in [4.69, 9.17) is 21.1 Å². The van der Waals surface area contributed by atoms with E-state index >= 15 is 0 Å². The number of hydrazone groups is 1. The summed E-state index contributed by atoms with van der Waals surface area (Å²) in [7, 11) is 2.78. The average molecular weight is 364 g/mol. The minimum absolute atomic E-state index is 0.141. The minimum Gasteiger partial charge on any atom is -0.493 e. The number of amides is 1. The first-order valence-electron chi connectivity index (χ1n) is 6.96. The van der Waals surface area contributed by atoms with Crippen molar-refractivity contribution in [3.05, 3.63) is 62.7 Å². The van der Waals surface area contributed by atoms with Crippen molar-refractivity contribution in [2.75, 3.05) is 14.2 Å². The Morgan fingerprint density at radius 1 is 1.24 bits per heavy atom. The van der Waals surface area contributed by atoms with Gasteiger partial charge >= 0.3 is 0 Å². The molecule has 9 heteroatoms. The molecule has 0 unspecified atom stereocenters. The second kappa shape index (κ2) is 8.11. The molecule has 0 aliphatic carbocycles. The van der Waals surface area contributed by atoms with E-state index in [0.29, 0.717) is 5.75 Å². The zero-order valence-corrected chi connectivity index (χ0v) is 14.1. The number of ether oxygens (including phenoxy) is 2. The van der Waals surface area contributed by atoms with Crippen molar-refractivity contribution in [1.29, 1.82) is 0 Å². The molecule has 0 heterocycles. The number of methoxy groups -OCH3 is 2. The Balaban J connectivity index is 2.26. The zero-order chi connectivity index (χ0) is 18.4. The van der Waals surface area contributed by atoms with Crippen LogP contribution < -0.4 is 14.9 Å². The minimum atomic E-state index is -0.584. The maximum Gasteiger partial charge on any atom is 0.282 e. The molecule has 0 fully saturated rings. The number of benzene rings is 2. The third-order valence-corrected chi connectivity index (χ3v) is 3.55. The molecule has 1 N–H and O–H groups in total. The van der Waals surface area contributed by atoms with Gasteiger partial charge in [0.1, 0.15) is 0 Å². The number of carbonyl (C=O) groups is 1. The van der Waals surface area contributed by atoms with Gasteiger partial charge in [0.2, 0.25) is 0 Å². The number of halogens is 1. The van der Waals surface area contributed by atoms with E-state index in [9.17, 15) is 14.9 Å². The molecular weight excluding hydrogens is 350 g/mol. The summed E-state index contributed by atoms with van der Waals surface area (Å²) in [5, 5.41) is 15.2. The van der Waals surface area contributed by atoms with Gasteiger partial charge in [-0.25, -0.2) is 5.43 Å². The molecule has 2 rings (SSSR count). The molecule has 0 aromatic heterocycles. The van der Waals surface area contributed by atoms with E-state index in [1.54, 1.807) is 18.2 Å². The highest BCUT2D eigenvalue weighted by Gasteiger charge is 2.18. The highest BCUT2D eigenvalue weighted by atomic mass is 35.5. The fraction of sp³-hybridized carbons (Fsp3) is 0.125. The van der Waals surface area contributed by atoms with Gasteiger partial charge in [-0.3, -0.25) is 14.9 Å². The van der Waals surface area contributed by atoms with Crippen LogP contribution in [-0.2, 0) is 0 Å². The lowest BCUT2D eigenvalue weighted by molar-refractivity contribution is -0.385. The third-order valence-electron chi connectivity index (χ3n) is 3.22. The molecular formula is C16H14ClN3O5. The van der Waals surface area contributed by atoms with Crippen LogP contribution in [0.5, 0.6) is 11.5 Å². The van der Waals surface area contributed by atoms with Crippen molar-refractivity contribution in [2.24, 2.45) is 5.10 Å². The number of carbonyl (C=O) groups excluding carboxylic acids is 1. The van der Waals surface area contributed by atoms with Gasteiger partial charge in [-0.05, 0) is 18.2 Å². The van der Waals surface area contributed by atoms with E-state index in [0.717, 1.165) is 6.21 Å². The molecule has 0 aliphatic heterocycles. The average Bonchev–Trinajstić information content (AvgIpc) is 2.61. The number of nitro benzene ring substituents is 1. The number of hydrogen-bond donors (Lipinski definition) is 1. The van der Waals surface area contributed by atoms with E-state index in [1.807, 2.05) is 0 Å². The van der Waals surface area contributed by atoms with Crippen molar-refractivity contribution in [3.8, 4) is 11.5 Å². The number of nitro groups is 1. The highest BCUT2D eigenvalue weighted by Crippen LogP contribution is 2.33. The molecule has 25 heavy (non-hydrogen) atoms. The predicted octanol–water partition coefficient (Wildman–Crippen LogP) is 3.03. The van der Waals surface area contributed by atoms with Crippen molar-refractivity contribution in [3.63, 3.8) is 0 Å². The molecule has 0 saturated carbocycles. The number of nitrogens with zero attached hydrogens (tertiary/aromatic N) is 2. The van der Waals surface area contributed by atoms with Gasteiger partial charge in [-0.1, -0.05) is 23.7 Å². The summed E-state index contributed by atoms with van der Waals surface area (Å²) in [6.45, 7) is 0. The van der Waals surface area contributed by atoms with Crippen molar-refractivity contribution < 1.29 is 19.2 Å². The number of rotatable bonds is 6. The topological polar surface area (TPSA) is 103 Å². The Labute approximate surface area is 148 Å². The largest absolute Gasteiger partial charge is 0.493 e. The molecule has 0 saturated heterocycles.